The number of halogens is 1. The highest BCUT2D eigenvalue weighted by atomic mass is 35.5. The average molecular weight is 568 g/mol. The first-order valence-corrected chi connectivity index (χ1v) is 13.1. The van der Waals surface area contributed by atoms with Gasteiger partial charge >= 0.3 is 5.97 Å². The number of carboxylic acid groups (broad SMARTS) is 1. The number of aromatic nitrogens is 5. The van der Waals surface area contributed by atoms with Crippen LogP contribution in [0.2, 0.25) is 5.02 Å². The van der Waals surface area contributed by atoms with E-state index in [1.165, 1.54) is 18.6 Å². The highest BCUT2D eigenvalue weighted by Crippen LogP contribution is 2.46. The highest BCUT2D eigenvalue weighted by molar-refractivity contribution is 6.30. The van der Waals surface area contributed by atoms with Gasteiger partial charge in [-0.25, -0.2) is 4.79 Å². The van der Waals surface area contributed by atoms with E-state index in [1.807, 2.05) is 54.7 Å². The summed E-state index contributed by atoms with van der Waals surface area (Å²) in [5.41, 5.74) is 2.24. The molecule has 11 nitrogen and oxygen atoms in total. The number of hydrogen-bond donors (Lipinski definition) is 1. The maximum atomic E-state index is 11.3. The van der Waals surface area contributed by atoms with E-state index in [1.54, 1.807) is 14.2 Å². The smallest absolute Gasteiger partial charge is 0.335 e. The van der Waals surface area contributed by atoms with Crippen LogP contribution in [-0.2, 0) is 27.4 Å². The van der Waals surface area contributed by atoms with Gasteiger partial charge in [0.2, 0.25) is 0 Å². The molecule has 0 fully saturated rings. The molecule has 0 spiro atoms. The summed E-state index contributed by atoms with van der Waals surface area (Å²) >= 11 is 6.48. The third-order valence-electron chi connectivity index (χ3n) is 6.82. The second kappa shape index (κ2) is 11.3. The first-order valence-electron chi connectivity index (χ1n) is 12.7. The van der Waals surface area contributed by atoms with Crippen LogP contribution in [0, 0.1) is 0 Å². The first-order chi connectivity index (χ1) is 19.2. The van der Waals surface area contributed by atoms with E-state index in [9.17, 15) is 9.90 Å². The lowest BCUT2D eigenvalue weighted by Gasteiger charge is -2.25. The number of nitrogens with zero attached hydrogens (tertiary/aromatic N) is 5. The molecule has 0 saturated carbocycles. The molecule has 12 heteroatoms. The van der Waals surface area contributed by atoms with Crippen LogP contribution in [0.1, 0.15) is 55.1 Å². The Kier molecular flexibility index (Phi) is 7.79. The van der Waals surface area contributed by atoms with Crippen molar-refractivity contribution in [2.45, 2.75) is 51.2 Å². The van der Waals surface area contributed by atoms with Crippen LogP contribution in [0.25, 0.3) is 5.69 Å². The third kappa shape index (κ3) is 5.40. The second-order valence-corrected chi connectivity index (χ2v) is 10.2. The van der Waals surface area contributed by atoms with E-state index in [4.69, 9.17) is 30.5 Å². The van der Waals surface area contributed by atoms with Crippen molar-refractivity contribution in [3.63, 3.8) is 0 Å². The maximum absolute atomic E-state index is 11.3. The van der Waals surface area contributed by atoms with E-state index in [0.717, 1.165) is 22.5 Å². The molecule has 3 heterocycles. The fraction of sp³-hybridized carbons (Fsp3) is 0.357. The molecule has 40 heavy (non-hydrogen) atoms. The van der Waals surface area contributed by atoms with Crippen LogP contribution in [0.15, 0.2) is 54.7 Å². The number of hydrogen-bond acceptors (Lipinski definition) is 8. The molecular formula is C28H30ClN5O6. The second-order valence-electron chi connectivity index (χ2n) is 9.79. The van der Waals surface area contributed by atoms with Crippen molar-refractivity contribution in [3.8, 4) is 17.2 Å². The van der Waals surface area contributed by atoms with Gasteiger partial charge in [-0.3, -0.25) is 0 Å². The minimum Gasteiger partial charge on any atom is -0.493 e. The lowest BCUT2D eigenvalue weighted by Crippen LogP contribution is -2.34. The number of methoxy groups -OCH3 is 2. The number of benzene rings is 2. The number of carboxylic acids is 1. The Labute approximate surface area is 236 Å². The molecule has 0 amide bonds. The largest absolute Gasteiger partial charge is 0.493 e. The van der Waals surface area contributed by atoms with Gasteiger partial charge in [0.05, 0.1) is 32.1 Å². The third-order valence-corrected chi connectivity index (χ3v) is 7.06. The fourth-order valence-corrected chi connectivity index (χ4v) is 4.86. The molecule has 0 saturated heterocycles. The SMILES string of the molecule is COc1cccc([C@H]2O[C@H](CCn3nnc(COC(C)(C)C(=O)O)n3)c3cccn3-c3ccc(Cl)cc32)c1OC. The van der Waals surface area contributed by atoms with Gasteiger partial charge in [-0.1, -0.05) is 23.7 Å². The summed E-state index contributed by atoms with van der Waals surface area (Å²) in [4.78, 5) is 12.8. The van der Waals surface area contributed by atoms with Crippen molar-refractivity contribution in [3.05, 3.63) is 82.4 Å². The molecule has 1 N–H and O–H groups in total. The molecule has 0 bridgehead atoms. The fourth-order valence-electron chi connectivity index (χ4n) is 4.68. The van der Waals surface area contributed by atoms with Gasteiger partial charge in [0.1, 0.15) is 18.8 Å². The number of fused-ring (bicyclic) bond motifs is 3. The minimum atomic E-state index is -1.36. The number of tetrazole rings is 1. The summed E-state index contributed by atoms with van der Waals surface area (Å²) in [6, 6.07) is 15.5. The molecule has 2 aromatic heterocycles. The van der Waals surface area contributed by atoms with E-state index < -0.39 is 17.7 Å². The van der Waals surface area contributed by atoms with E-state index in [0.29, 0.717) is 35.3 Å². The van der Waals surface area contributed by atoms with Crippen LogP contribution >= 0.6 is 11.6 Å². The van der Waals surface area contributed by atoms with Crippen molar-refractivity contribution in [1.29, 1.82) is 0 Å². The van der Waals surface area contributed by atoms with Crippen LogP contribution in [-0.4, -0.2) is 55.7 Å². The normalized spacial score (nSPS) is 16.6. The number of aliphatic carboxylic acids is 1. The summed E-state index contributed by atoms with van der Waals surface area (Å²) in [6.07, 6.45) is 1.64. The average Bonchev–Trinajstić information content (AvgIpc) is 3.59. The van der Waals surface area contributed by atoms with E-state index in [-0.39, 0.29) is 12.7 Å². The van der Waals surface area contributed by atoms with Gasteiger partial charge in [0, 0.05) is 28.8 Å². The summed E-state index contributed by atoms with van der Waals surface area (Å²) < 4.78 is 25.7. The zero-order valence-corrected chi connectivity index (χ0v) is 23.3. The number of rotatable bonds is 10. The topological polar surface area (TPSA) is 123 Å². The Hall–Kier alpha value is -3.93. The number of carbonyl (C=O) groups is 1. The lowest BCUT2D eigenvalue weighted by atomic mass is 9.98. The monoisotopic (exact) mass is 567 g/mol. The Morgan fingerprint density at radius 1 is 1.12 bits per heavy atom. The van der Waals surface area contributed by atoms with Crippen molar-refractivity contribution < 1.29 is 28.8 Å². The summed E-state index contributed by atoms with van der Waals surface area (Å²) in [5, 5.41) is 22.4. The summed E-state index contributed by atoms with van der Waals surface area (Å²) in [5.74, 6) is 0.400. The van der Waals surface area contributed by atoms with Crippen LogP contribution in [0.4, 0.5) is 0 Å². The van der Waals surface area contributed by atoms with E-state index >= 15 is 0 Å². The van der Waals surface area contributed by atoms with Crippen molar-refractivity contribution in [2.24, 2.45) is 0 Å². The minimum absolute atomic E-state index is 0.0736. The van der Waals surface area contributed by atoms with Crippen LogP contribution in [0.3, 0.4) is 0 Å². The van der Waals surface area contributed by atoms with Crippen molar-refractivity contribution in [1.82, 2.24) is 24.8 Å². The molecule has 0 radical (unpaired) electrons. The molecule has 0 aliphatic carbocycles. The van der Waals surface area contributed by atoms with Gasteiger partial charge in [-0.15, -0.1) is 10.2 Å². The zero-order valence-electron chi connectivity index (χ0n) is 22.6. The predicted molar refractivity (Wildman–Crippen MR) is 145 cm³/mol. The zero-order chi connectivity index (χ0) is 28.4. The molecule has 1 aliphatic heterocycles. The summed E-state index contributed by atoms with van der Waals surface area (Å²) in [7, 11) is 3.20. The Morgan fingerprint density at radius 2 is 1.95 bits per heavy atom. The molecule has 5 rings (SSSR count). The van der Waals surface area contributed by atoms with Crippen molar-refractivity contribution in [2.75, 3.05) is 14.2 Å². The van der Waals surface area contributed by atoms with Gasteiger partial charge in [0.25, 0.3) is 0 Å². The van der Waals surface area contributed by atoms with Gasteiger partial charge < -0.3 is 28.6 Å². The van der Waals surface area contributed by atoms with Gasteiger partial charge in [-0.05, 0) is 55.5 Å². The molecule has 210 valence electrons. The number of para-hydroxylation sites is 1. The van der Waals surface area contributed by atoms with Gasteiger partial charge in [0.15, 0.2) is 22.9 Å². The Balaban J connectivity index is 1.45. The highest BCUT2D eigenvalue weighted by Gasteiger charge is 2.33. The van der Waals surface area contributed by atoms with Crippen molar-refractivity contribution >= 4 is 17.6 Å². The van der Waals surface area contributed by atoms with Gasteiger partial charge in [-0.2, -0.15) is 4.80 Å². The van der Waals surface area contributed by atoms with Crippen LogP contribution < -0.4 is 9.47 Å². The summed E-state index contributed by atoms with van der Waals surface area (Å²) in [6.45, 7) is 3.26. The molecule has 0 unspecified atom stereocenters. The Bertz CT molecular complexity index is 1520. The number of ether oxygens (including phenoxy) is 4. The molecular weight excluding hydrogens is 538 g/mol. The maximum Gasteiger partial charge on any atom is 0.335 e. The molecule has 4 aromatic rings. The predicted octanol–water partition coefficient (Wildman–Crippen LogP) is 4.77. The number of aryl methyl sites for hydroxylation is 1. The molecule has 1 aliphatic rings. The molecule has 2 aromatic carbocycles. The molecule has 2 atom stereocenters. The van der Waals surface area contributed by atoms with E-state index in [2.05, 4.69) is 20.0 Å². The van der Waals surface area contributed by atoms with Crippen LogP contribution in [0.5, 0.6) is 11.5 Å². The quantitative estimate of drug-likeness (QED) is 0.289. The first kappa shape index (κ1) is 27.6. The lowest BCUT2D eigenvalue weighted by molar-refractivity contribution is -0.163. The Morgan fingerprint density at radius 3 is 2.70 bits per heavy atom. The standard InChI is InChI=1S/C28H30ClN5O6/c1-28(2,27(35)36)39-16-24-30-32-34(31-24)14-12-22-21-8-6-13-33(21)20-11-10-17(29)15-19(20)25(40-22)18-7-5-9-23(37-3)26(18)38-4/h5-11,13,15,22,25H,12,14,16H2,1-4H3,(H,35,36)/t22-,25-/m1/s1.